The minimum absolute atomic E-state index is 0. The van der Waals surface area contributed by atoms with Crippen LogP contribution in [0, 0.1) is 5.92 Å². The van der Waals surface area contributed by atoms with Crippen LogP contribution in [0.4, 0.5) is 0 Å². The number of aliphatic imine (C=N–C) groups is 1. The highest BCUT2D eigenvalue weighted by Gasteiger charge is 2.16. The summed E-state index contributed by atoms with van der Waals surface area (Å²) < 4.78 is 0. The summed E-state index contributed by atoms with van der Waals surface area (Å²) in [5.74, 6) is 1.59. The molecule has 0 amide bonds. The van der Waals surface area contributed by atoms with Crippen molar-refractivity contribution in [1.82, 2.24) is 20.4 Å². The van der Waals surface area contributed by atoms with Crippen LogP contribution in [0.2, 0.25) is 0 Å². The fourth-order valence-electron chi connectivity index (χ4n) is 3.32. The van der Waals surface area contributed by atoms with E-state index >= 15 is 0 Å². The maximum absolute atomic E-state index is 4.35. The lowest BCUT2D eigenvalue weighted by Crippen LogP contribution is -2.47. The maximum Gasteiger partial charge on any atom is 0.190 e. The molecule has 0 bridgehead atoms. The summed E-state index contributed by atoms with van der Waals surface area (Å²) in [6, 6.07) is 0. The molecule has 1 saturated heterocycles. The number of halogens is 1. The molecule has 1 aliphatic heterocycles. The molecule has 2 N–H and O–H groups in total. The Hall–Kier alpha value is -0.0800. The smallest absolute Gasteiger partial charge is 0.190 e. The second kappa shape index (κ2) is 17.0. The highest BCUT2D eigenvalue weighted by atomic mass is 127. The molecule has 1 rings (SSSR count). The van der Waals surface area contributed by atoms with Crippen molar-refractivity contribution in [3.8, 4) is 0 Å². The molecule has 0 radical (unpaired) electrons. The van der Waals surface area contributed by atoms with Crippen LogP contribution in [0.15, 0.2) is 4.99 Å². The Balaban J connectivity index is 0.00000625. The van der Waals surface area contributed by atoms with Gasteiger partial charge in [0, 0.05) is 52.9 Å². The number of guanidine groups is 1. The van der Waals surface area contributed by atoms with Crippen LogP contribution < -0.4 is 10.6 Å². The van der Waals surface area contributed by atoms with Crippen LogP contribution in [0.5, 0.6) is 0 Å². The molecule has 0 aromatic carbocycles. The van der Waals surface area contributed by atoms with Crippen molar-refractivity contribution in [3.63, 3.8) is 0 Å². The Morgan fingerprint density at radius 3 is 2.19 bits per heavy atom. The van der Waals surface area contributed by atoms with E-state index in [0.717, 1.165) is 19.0 Å². The lowest BCUT2D eigenvalue weighted by atomic mass is 10.1. The number of piperazine rings is 1. The van der Waals surface area contributed by atoms with Crippen molar-refractivity contribution >= 4 is 29.9 Å². The summed E-state index contributed by atoms with van der Waals surface area (Å²) >= 11 is 0. The summed E-state index contributed by atoms with van der Waals surface area (Å²) in [5.41, 5.74) is 0. The van der Waals surface area contributed by atoms with E-state index in [9.17, 15) is 0 Å². The first-order valence-electron chi connectivity index (χ1n) is 10.5. The molecule has 6 heteroatoms. The van der Waals surface area contributed by atoms with Gasteiger partial charge >= 0.3 is 0 Å². The number of hydrogen-bond donors (Lipinski definition) is 2. The van der Waals surface area contributed by atoms with Gasteiger partial charge in [-0.25, -0.2) is 0 Å². The fraction of sp³-hybridized carbons (Fsp3) is 0.950. The maximum atomic E-state index is 4.35. The van der Waals surface area contributed by atoms with E-state index in [1.165, 1.54) is 77.7 Å². The molecule has 0 aliphatic carbocycles. The molecular formula is C20H44IN5. The van der Waals surface area contributed by atoms with Crippen molar-refractivity contribution in [2.75, 3.05) is 59.9 Å². The highest BCUT2D eigenvalue weighted by molar-refractivity contribution is 14.0. The zero-order valence-electron chi connectivity index (χ0n) is 17.7. The van der Waals surface area contributed by atoms with Gasteiger partial charge in [-0.1, -0.05) is 52.4 Å². The zero-order chi connectivity index (χ0) is 18.3. The van der Waals surface area contributed by atoms with E-state index in [-0.39, 0.29) is 24.0 Å². The first-order chi connectivity index (χ1) is 12.2. The van der Waals surface area contributed by atoms with Crippen molar-refractivity contribution in [1.29, 1.82) is 0 Å². The van der Waals surface area contributed by atoms with Crippen LogP contribution in [0.3, 0.4) is 0 Å². The van der Waals surface area contributed by atoms with Gasteiger partial charge in [-0.3, -0.25) is 4.99 Å². The Morgan fingerprint density at radius 1 is 0.962 bits per heavy atom. The lowest BCUT2D eigenvalue weighted by Gasteiger charge is -2.34. The van der Waals surface area contributed by atoms with Crippen LogP contribution in [-0.4, -0.2) is 75.7 Å². The third kappa shape index (κ3) is 13.1. The molecule has 0 aromatic rings. The molecule has 0 saturated carbocycles. The first-order valence-corrected chi connectivity index (χ1v) is 10.5. The molecule has 1 unspecified atom stereocenters. The van der Waals surface area contributed by atoms with E-state index in [0.29, 0.717) is 5.92 Å². The van der Waals surface area contributed by atoms with E-state index < -0.39 is 0 Å². The average molecular weight is 482 g/mol. The Morgan fingerprint density at radius 2 is 1.58 bits per heavy atom. The molecule has 156 valence electrons. The lowest BCUT2D eigenvalue weighted by molar-refractivity contribution is 0.139. The highest BCUT2D eigenvalue weighted by Crippen LogP contribution is 2.06. The van der Waals surface area contributed by atoms with Crippen LogP contribution in [0.1, 0.15) is 58.8 Å². The summed E-state index contributed by atoms with van der Waals surface area (Å²) in [5, 5.41) is 6.94. The minimum atomic E-state index is 0. The van der Waals surface area contributed by atoms with Crippen molar-refractivity contribution in [2.45, 2.75) is 58.8 Å². The monoisotopic (exact) mass is 481 g/mol. The van der Waals surface area contributed by atoms with Crippen molar-refractivity contribution in [2.24, 2.45) is 10.9 Å². The Labute approximate surface area is 179 Å². The molecule has 1 heterocycles. The largest absolute Gasteiger partial charge is 0.356 e. The number of hydrogen-bond acceptors (Lipinski definition) is 3. The second-order valence-corrected chi connectivity index (χ2v) is 7.71. The van der Waals surface area contributed by atoms with Crippen LogP contribution in [-0.2, 0) is 0 Å². The van der Waals surface area contributed by atoms with Crippen molar-refractivity contribution < 1.29 is 0 Å². The Bertz CT molecular complexity index is 343. The van der Waals surface area contributed by atoms with Gasteiger partial charge in [-0.05, 0) is 19.4 Å². The van der Waals surface area contributed by atoms with Gasteiger partial charge in [-0.15, -0.1) is 24.0 Å². The van der Waals surface area contributed by atoms with E-state index in [1.807, 2.05) is 7.05 Å². The predicted molar refractivity (Wildman–Crippen MR) is 126 cm³/mol. The summed E-state index contributed by atoms with van der Waals surface area (Å²) in [7, 11) is 4.08. The molecule has 1 atom stereocenters. The number of rotatable bonds is 12. The van der Waals surface area contributed by atoms with Crippen molar-refractivity contribution in [3.05, 3.63) is 0 Å². The van der Waals surface area contributed by atoms with Gasteiger partial charge in [0.1, 0.15) is 0 Å². The summed E-state index contributed by atoms with van der Waals surface area (Å²) in [4.78, 5) is 9.35. The van der Waals surface area contributed by atoms with E-state index in [2.05, 4.69) is 46.3 Å². The number of nitrogens with zero attached hydrogens (tertiary/aromatic N) is 3. The molecule has 5 nitrogen and oxygen atoms in total. The quantitative estimate of drug-likeness (QED) is 0.194. The minimum Gasteiger partial charge on any atom is -0.356 e. The third-order valence-corrected chi connectivity index (χ3v) is 5.08. The molecule has 0 aromatic heterocycles. The molecule has 1 fully saturated rings. The van der Waals surface area contributed by atoms with Crippen LogP contribution in [0.25, 0.3) is 0 Å². The SMILES string of the molecule is CCCCCCCCCNC(=NC)NCC(C)CN1CCN(C)CC1.I. The molecule has 26 heavy (non-hydrogen) atoms. The van der Waals surface area contributed by atoms with E-state index in [1.54, 1.807) is 0 Å². The summed E-state index contributed by atoms with van der Waals surface area (Å²) in [6.07, 6.45) is 9.45. The zero-order valence-corrected chi connectivity index (χ0v) is 20.1. The van der Waals surface area contributed by atoms with Gasteiger partial charge in [0.25, 0.3) is 0 Å². The van der Waals surface area contributed by atoms with Crippen LogP contribution >= 0.6 is 24.0 Å². The second-order valence-electron chi connectivity index (χ2n) is 7.71. The third-order valence-electron chi connectivity index (χ3n) is 5.08. The molecule has 0 spiro atoms. The van der Waals surface area contributed by atoms with Gasteiger partial charge in [0.15, 0.2) is 5.96 Å². The first kappa shape index (κ1) is 25.9. The Kier molecular flexibility index (Phi) is 17.0. The predicted octanol–water partition coefficient (Wildman–Crippen LogP) is 3.40. The van der Waals surface area contributed by atoms with Gasteiger partial charge in [-0.2, -0.15) is 0 Å². The number of nitrogens with one attached hydrogen (secondary N) is 2. The number of likely N-dealkylation sites (N-methyl/N-ethyl adjacent to an activating group) is 1. The number of unbranched alkanes of at least 4 members (excludes halogenated alkanes) is 6. The fourth-order valence-corrected chi connectivity index (χ4v) is 3.32. The normalized spacial score (nSPS) is 17.6. The average Bonchev–Trinajstić information content (AvgIpc) is 2.62. The van der Waals surface area contributed by atoms with Gasteiger partial charge < -0.3 is 20.4 Å². The molecule has 1 aliphatic rings. The van der Waals surface area contributed by atoms with E-state index in [4.69, 9.17) is 0 Å². The summed E-state index contributed by atoms with van der Waals surface area (Å²) in [6.45, 7) is 12.6. The standard InChI is InChI=1S/C20H43N5.HI/c1-5-6-7-8-9-10-11-12-22-20(21-3)23-17-19(2)18-25-15-13-24(4)14-16-25;/h19H,5-18H2,1-4H3,(H2,21,22,23);1H. The molecular weight excluding hydrogens is 437 g/mol. The van der Waals surface area contributed by atoms with Gasteiger partial charge in [0.05, 0.1) is 0 Å². The topological polar surface area (TPSA) is 42.9 Å². The van der Waals surface area contributed by atoms with Gasteiger partial charge in [0.2, 0.25) is 0 Å².